The van der Waals surface area contributed by atoms with Gasteiger partial charge in [-0.1, -0.05) is 19.9 Å². The van der Waals surface area contributed by atoms with E-state index in [1.54, 1.807) is 24.5 Å². The number of benzene rings is 1. The average Bonchev–Trinajstić information content (AvgIpc) is 3.17. The van der Waals surface area contributed by atoms with Gasteiger partial charge in [-0.3, -0.25) is 4.79 Å². The number of ether oxygens (including phenoxy) is 3. The fourth-order valence-electron chi connectivity index (χ4n) is 2.80. The summed E-state index contributed by atoms with van der Waals surface area (Å²) in [5, 5.41) is 5.10. The molecule has 5 nitrogen and oxygen atoms in total. The lowest BCUT2D eigenvalue weighted by molar-refractivity contribution is -0.117. The molecule has 0 saturated heterocycles. The minimum atomic E-state index is -0.133. The first-order valence-corrected chi connectivity index (χ1v) is 9.46. The Morgan fingerprint density at radius 3 is 2.81 bits per heavy atom. The SMILES string of the molecule is COc1cc(/C=C/C(=O)N[C@@H](c2cccs2)C(C)C)cc2c1OCCO2. The van der Waals surface area contributed by atoms with E-state index in [0.29, 0.717) is 36.4 Å². The summed E-state index contributed by atoms with van der Waals surface area (Å²) >= 11 is 1.65. The number of nitrogens with one attached hydrogen (secondary N) is 1. The highest BCUT2D eigenvalue weighted by molar-refractivity contribution is 7.10. The van der Waals surface area contributed by atoms with Crippen molar-refractivity contribution in [3.8, 4) is 17.2 Å². The summed E-state index contributed by atoms with van der Waals surface area (Å²) in [5.41, 5.74) is 0.818. The quantitative estimate of drug-likeness (QED) is 0.776. The van der Waals surface area contributed by atoms with Crippen molar-refractivity contribution >= 4 is 23.3 Å². The summed E-state index contributed by atoms with van der Waals surface area (Å²) < 4.78 is 16.6. The van der Waals surface area contributed by atoms with Crippen LogP contribution in [0.15, 0.2) is 35.7 Å². The molecule has 0 saturated carbocycles. The molecule has 138 valence electrons. The Morgan fingerprint density at radius 2 is 2.12 bits per heavy atom. The van der Waals surface area contributed by atoms with Crippen molar-refractivity contribution in [1.82, 2.24) is 5.32 Å². The average molecular weight is 373 g/mol. The van der Waals surface area contributed by atoms with Crippen molar-refractivity contribution in [3.05, 3.63) is 46.2 Å². The van der Waals surface area contributed by atoms with Gasteiger partial charge in [-0.25, -0.2) is 0 Å². The molecule has 0 unspecified atom stereocenters. The van der Waals surface area contributed by atoms with E-state index in [0.717, 1.165) is 10.4 Å². The Morgan fingerprint density at radius 1 is 1.31 bits per heavy atom. The Kier molecular flexibility index (Phi) is 5.83. The molecule has 6 heteroatoms. The van der Waals surface area contributed by atoms with Gasteiger partial charge >= 0.3 is 0 Å². The number of carbonyl (C=O) groups is 1. The maximum absolute atomic E-state index is 12.4. The predicted octanol–water partition coefficient (Wildman–Crippen LogP) is 4.05. The zero-order valence-corrected chi connectivity index (χ0v) is 16.0. The van der Waals surface area contributed by atoms with Crippen LogP contribution in [0.4, 0.5) is 0 Å². The van der Waals surface area contributed by atoms with Gasteiger partial charge in [0.05, 0.1) is 13.2 Å². The first-order valence-electron chi connectivity index (χ1n) is 8.58. The van der Waals surface area contributed by atoms with Crippen LogP contribution in [-0.2, 0) is 4.79 Å². The molecule has 26 heavy (non-hydrogen) atoms. The van der Waals surface area contributed by atoms with Crippen molar-refractivity contribution in [3.63, 3.8) is 0 Å². The third-order valence-corrected chi connectivity index (χ3v) is 5.05. The molecule has 0 fully saturated rings. The van der Waals surface area contributed by atoms with E-state index in [-0.39, 0.29) is 11.9 Å². The maximum Gasteiger partial charge on any atom is 0.244 e. The zero-order valence-electron chi connectivity index (χ0n) is 15.2. The van der Waals surface area contributed by atoms with Crippen molar-refractivity contribution < 1.29 is 19.0 Å². The minimum absolute atomic E-state index is 0.00181. The number of methoxy groups -OCH3 is 1. The number of hydrogen-bond donors (Lipinski definition) is 1. The summed E-state index contributed by atoms with van der Waals surface area (Å²) in [6.45, 7) is 5.20. The van der Waals surface area contributed by atoms with E-state index < -0.39 is 0 Å². The number of rotatable bonds is 6. The van der Waals surface area contributed by atoms with E-state index in [9.17, 15) is 4.79 Å². The molecule has 0 bridgehead atoms. The molecule has 0 radical (unpaired) electrons. The summed E-state index contributed by atoms with van der Waals surface area (Å²) in [7, 11) is 1.59. The molecule has 1 atom stereocenters. The van der Waals surface area contributed by atoms with Gasteiger partial charge in [-0.2, -0.15) is 0 Å². The fourth-order valence-corrected chi connectivity index (χ4v) is 3.75. The first-order chi connectivity index (χ1) is 12.6. The van der Waals surface area contributed by atoms with Crippen LogP contribution in [0, 0.1) is 5.92 Å². The van der Waals surface area contributed by atoms with Crippen LogP contribution in [0.1, 0.15) is 30.3 Å². The summed E-state index contributed by atoms with van der Waals surface area (Å²) in [4.78, 5) is 13.5. The number of fused-ring (bicyclic) bond motifs is 1. The Balaban J connectivity index is 1.74. The molecule has 1 aromatic carbocycles. The molecule has 1 aromatic heterocycles. The van der Waals surface area contributed by atoms with Crippen LogP contribution < -0.4 is 19.5 Å². The van der Waals surface area contributed by atoms with Crippen LogP contribution in [-0.4, -0.2) is 26.2 Å². The molecule has 0 aliphatic carbocycles. The molecule has 2 heterocycles. The summed E-state index contributed by atoms with van der Waals surface area (Å²) in [5.74, 6) is 2.01. The molecule has 0 spiro atoms. The first kappa shape index (κ1) is 18.3. The Labute approximate surface area is 157 Å². The lowest BCUT2D eigenvalue weighted by Crippen LogP contribution is -2.29. The minimum Gasteiger partial charge on any atom is -0.493 e. The smallest absolute Gasteiger partial charge is 0.244 e. The van der Waals surface area contributed by atoms with Crippen LogP contribution in [0.2, 0.25) is 0 Å². The fraction of sp³-hybridized carbons (Fsp3) is 0.350. The second kappa shape index (κ2) is 8.27. The number of amides is 1. The van der Waals surface area contributed by atoms with Gasteiger partial charge in [0.15, 0.2) is 11.5 Å². The van der Waals surface area contributed by atoms with Gasteiger partial charge in [0, 0.05) is 11.0 Å². The Bertz CT molecular complexity index is 766. The normalized spacial score (nSPS) is 14.5. The van der Waals surface area contributed by atoms with Gasteiger partial charge in [0.25, 0.3) is 0 Å². The molecular weight excluding hydrogens is 350 g/mol. The highest BCUT2D eigenvalue weighted by atomic mass is 32.1. The largest absolute Gasteiger partial charge is 0.493 e. The maximum atomic E-state index is 12.4. The zero-order chi connectivity index (χ0) is 18.5. The molecule has 1 amide bonds. The third-order valence-electron chi connectivity index (χ3n) is 4.09. The summed E-state index contributed by atoms with van der Waals surface area (Å²) in [6, 6.07) is 7.72. The van der Waals surface area contributed by atoms with Gasteiger partial charge in [0.2, 0.25) is 11.7 Å². The van der Waals surface area contributed by atoms with E-state index in [1.165, 1.54) is 6.08 Å². The third kappa shape index (κ3) is 4.19. The monoisotopic (exact) mass is 373 g/mol. The highest BCUT2D eigenvalue weighted by Crippen LogP contribution is 2.40. The second-order valence-corrected chi connectivity index (χ2v) is 7.31. The van der Waals surface area contributed by atoms with Crippen LogP contribution >= 0.6 is 11.3 Å². The topological polar surface area (TPSA) is 56.8 Å². The van der Waals surface area contributed by atoms with Gasteiger partial charge in [0.1, 0.15) is 13.2 Å². The molecule has 1 aliphatic heterocycles. The number of hydrogen-bond acceptors (Lipinski definition) is 5. The van der Waals surface area contributed by atoms with Crippen molar-refractivity contribution in [2.24, 2.45) is 5.92 Å². The van der Waals surface area contributed by atoms with Gasteiger partial charge in [-0.05, 0) is 41.1 Å². The van der Waals surface area contributed by atoms with Crippen LogP contribution in [0.25, 0.3) is 6.08 Å². The lowest BCUT2D eigenvalue weighted by atomic mass is 10.0. The molecule has 3 rings (SSSR count). The van der Waals surface area contributed by atoms with Crippen LogP contribution in [0.3, 0.4) is 0 Å². The van der Waals surface area contributed by atoms with Crippen molar-refractivity contribution in [2.75, 3.05) is 20.3 Å². The number of carbonyl (C=O) groups excluding carboxylic acids is 1. The van der Waals surface area contributed by atoms with E-state index in [4.69, 9.17) is 14.2 Å². The van der Waals surface area contributed by atoms with E-state index >= 15 is 0 Å². The van der Waals surface area contributed by atoms with Gasteiger partial charge in [-0.15, -0.1) is 11.3 Å². The lowest BCUT2D eigenvalue weighted by Gasteiger charge is -2.21. The van der Waals surface area contributed by atoms with Gasteiger partial charge < -0.3 is 19.5 Å². The second-order valence-electron chi connectivity index (χ2n) is 6.33. The molecule has 1 N–H and O–H groups in total. The Hall–Kier alpha value is -2.47. The molecule has 2 aromatic rings. The molecular formula is C20H23NO4S. The predicted molar refractivity (Wildman–Crippen MR) is 103 cm³/mol. The summed E-state index contributed by atoms with van der Waals surface area (Å²) in [6.07, 6.45) is 3.29. The standard InChI is InChI=1S/C20H23NO4S/c1-13(2)19(17-5-4-10-26-17)21-18(22)7-6-14-11-15(23-3)20-16(12-14)24-8-9-25-20/h4-7,10-13,19H,8-9H2,1-3H3,(H,21,22)/b7-6+/t19-/m1/s1. The van der Waals surface area contributed by atoms with E-state index in [2.05, 4.69) is 19.2 Å². The number of thiophene rings is 1. The van der Waals surface area contributed by atoms with Crippen molar-refractivity contribution in [1.29, 1.82) is 0 Å². The van der Waals surface area contributed by atoms with Crippen molar-refractivity contribution in [2.45, 2.75) is 19.9 Å². The van der Waals surface area contributed by atoms with E-state index in [1.807, 2.05) is 29.6 Å². The highest BCUT2D eigenvalue weighted by Gasteiger charge is 2.19. The molecule has 1 aliphatic rings. The van der Waals surface area contributed by atoms with Crippen LogP contribution in [0.5, 0.6) is 17.2 Å².